The van der Waals surface area contributed by atoms with Crippen LogP contribution in [0.4, 0.5) is 0 Å². The first kappa shape index (κ1) is 23.5. The SMILES string of the molecule is O=C(CCC1=NNC(=O)CC1)NCCC1CCCCN1Cc1ccccc1.O=CO. The smallest absolute Gasteiger partial charge is 0.290 e. The van der Waals surface area contributed by atoms with E-state index in [9.17, 15) is 9.59 Å². The van der Waals surface area contributed by atoms with Gasteiger partial charge in [-0.15, -0.1) is 0 Å². The van der Waals surface area contributed by atoms with E-state index in [2.05, 4.69) is 51.1 Å². The van der Waals surface area contributed by atoms with Crippen LogP contribution in [0.5, 0.6) is 0 Å². The van der Waals surface area contributed by atoms with Gasteiger partial charge in [-0.25, -0.2) is 5.43 Å². The van der Waals surface area contributed by atoms with Crippen molar-refractivity contribution in [1.82, 2.24) is 15.6 Å². The number of likely N-dealkylation sites (tertiary alicyclic amines) is 1. The topological polar surface area (TPSA) is 111 Å². The molecule has 1 unspecified atom stereocenters. The number of piperidine rings is 1. The second-order valence-electron chi connectivity index (χ2n) is 7.56. The third kappa shape index (κ3) is 8.73. The molecule has 3 rings (SSSR count). The Labute approximate surface area is 177 Å². The molecule has 8 heteroatoms. The number of rotatable bonds is 8. The Bertz CT molecular complexity index is 708. The predicted octanol–water partition coefficient (Wildman–Crippen LogP) is 2.29. The summed E-state index contributed by atoms with van der Waals surface area (Å²) in [6, 6.07) is 11.2. The van der Waals surface area contributed by atoms with Gasteiger partial charge >= 0.3 is 0 Å². The van der Waals surface area contributed by atoms with Crippen LogP contribution in [0.3, 0.4) is 0 Å². The van der Waals surface area contributed by atoms with Crippen LogP contribution in [-0.4, -0.2) is 53.1 Å². The molecular formula is C22H32N4O4. The summed E-state index contributed by atoms with van der Waals surface area (Å²) in [5, 5.41) is 14.0. The van der Waals surface area contributed by atoms with Crippen molar-refractivity contribution in [3.63, 3.8) is 0 Å². The quantitative estimate of drug-likeness (QED) is 0.563. The highest BCUT2D eigenvalue weighted by molar-refractivity contribution is 5.94. The maximum Gasteiger partial charge on any atom is 0.290 e. The van der Waals surface area contributed by atoms with Gasteiger partial charge in [0.25, 0.3) is 6.47 Å². The zero-order chi connectivity index (χ0) is 21.6. The van der Waals surface area contributed by atoms with Crippen molar-refractivity contribution in [3.8, 4) is 0 Å². The summed E-state index contributed by atoms with van der Waals surface area (Å²) in [6.07, 6.45) is 6.93. The molecular weight excluding hydrogens is 384 g/mol. The molecule has 0 aromatic heterocycles. The molecule has 8 nitrogen and oxygen atoms in total. The fraction of sp³-hybridized carbons (Fsp3) is 0.545. The predicted molar refractivity (Wildman–Crippen MR) is 115 cm³/mol. The maximum atomic E-state index is 12.1. The lowest BCUT2D eigenvalue weighted by atomic mass is 9.98. The summed E-state index contributed by atoms with van der Waals surface area (Å²) < 4.78 is 0. The van der Waals surface area contributed by atoms with E-state index in [1.807, 2.05) is 0 Å². The molecule has 2 heterocycles. The molecule has 2 aliphatic rings. The molecule has 0 aliphatic carbocycles. The molecule has 1 atom stereocenters. The minimum Gasteiger partial charge on any atom is -0.483 e. The first-order valence-electron chi connectivity index (χ1n) is 10.6. The van der Waals surface area contributed by atoms with E-state index in [0.717, 1.165) is 31.8 Å². The van der Waals surface area contributed by atoms with Gasteiger partial charge in [-0.05, 0) is 44.2 Å². The van der Waals surface area contributed by atoms with E-state index in [-0.39, 0.29) is 18.3 Å². The Morgan fingerprint density at radius 2 is 2.03 bits per heavy atom. The number of nitrogens with zero attached hydrogens (tertiary/aromatic N) is 2. The second-order valence-corrected chi connectivity index (χ2v) is 7.56. The van der Waals surface area contributed by atoms with Crippen LogP contribution in [0.1, 0.15) is 56.9 Å². The van der Waals surface area contributed by atoms with E-state index < -0.39 is 0 Å². The molecule has 1 saturated heterocycles. The van der Waals surface area contributed by atoms with Gasteiger partial charge in [-0.3, -0.25) is 19.3 Å². The van der Waals surface area contributed by atoms with Crippen LogP contribution in [0.2, 0.25) is 0 Å². The van der Waals surface area contributed by atoms with Gasteiger partial charge in [0, 0.05) is 37.7 Å². The lowest BCUT2D eigenvalue weighted by Gasteiger charge is -2.36. The van der Waals surface area contributed by atoms with Gasteiger partial charge in [-0.2, -0.15) is 5.10 Å². The molecule has 3 N–H and O–H groups in total. The Balaban J connectivity index is 0.00000101. The molecule has 2 amide bonds. The van der Waals surface area contributed by atoms with Crippen molar-refractivity contribution in [2.75, 3.05) is 13.1 Å². The number of hydrazone groups is 1. The summed E-state index contributed by atoms with van der Waals surface area (Å²) in [7, 11) is 0. The van der Waals surface area contributed by atoms with Crippen molar-refractivity contribution in [3.05, 3.63) is 35.9 Å². The number of hydrogen-bond acceptors (Lipinski definition) is 5. The summed E-state index contributed by atoms with van der Waals surface area (Å²) in [5.41, 5.74) is 4.74. The van der Waals surface area contributed by atoms with Gasteiger partial charge < -0.3 is 10.4 Å². The van der Waals surface area contributed by atoms with E-state index in [1.165, 1.54) is 24.8 Å². The third-order valence-corrected chi connectivity index (χ3v) is 5.40. The number of carboxylic acid groups (broad SMARTS) is 1. The molecule has 2 aliphatic heterocycles. The number of carbonyl (C=O) groups is 3. The number of amides is 2. The molecule has 30 heavy (non-hydrogen) atoms. The van der Waals surface area contributed by atoms with E-state index in [4.69, 9.17) is 9.90 Å². The highest BCUT2D eigenvalue weighted by Crippen LogP contribution is 2.21. The molecule has 0 saturated carbocycles. The lowest BCUT2D eigenvalue weighted by Crippen LogP contribution is -2.41. The molecule has 1 aromatic rings. The largest absolute Gasteiger partial charge is 0.483 e. The standard InChI is InChI=1S/C21H30N4O2.CH2O2/c26-20(11-9-18-10-12-21(27)24-23-18)22-14-13-19-8-4-5-15-25(19)16-17-6-2-1-3-7-17;2-1-3/h1-3,6-7,19H,4-5,8-16H2,(H,22,26)(H,24,27);1H,(H,2,3). The minimum absolute atomic E-state index is 0.0456. The Hall–Kier alpha value is -2.74. The second kappa shape index (κ2) is 13.5. The van der Waals surface area contributed by atoms with E-state index in [1.54, 1.807) is 0 Å². The van der Waals surface area contributed by atoms with Crippen molar-refractivity contribution >= 4 is 24.0 Å². The lowest BCUT2D eigenvalue weighted by molar-refractivity contribution is -0.123. The van der Waals surface area contributed by atoms with Crippen LogP contribution in [0.25, 0.3) is 0 Å². The highest BCUT2D eigenvalue weighted by Gasteiger charge is 2.22. The monoisotopic (exact) mass is 416 g/mol. The molecule has 0 radical (unpaired) electrons. The van der Waals surface area contributed by atoms with Gasteiger partial charge in [0.1, 0.15) is 0 Å². The highest BCUT2D eigenvalue weighted by atomic mass is 16.3. The van der Waals surface area contributed by atoms with Gasteiger partial charge in [-0.1, -0.05) is 36.8 Å². The van der Waals surface area contributed by atoms with Crippen molar-refractivity contribution < 1.29 is 19.5 Å². The minimum atomic E-state index is -0.250. The first-order chi connectivity index (χ1) is 14.6. The van der Waals surface area contributed by atoms with Crippen LogP contribution in [-0.2, 0) is 20.9 Å². The van der Waals surface area contributed by atoms with Gasteiger partial charge in [0.15, 0.2) is 0 Å². The molecule has 0 spiro atoms. The van der Waals surface area contributed by atoms with Gasteiger partial charge in [0.05, 0.1) is 0 Å². The fourth-order valence-corrected chi connectivity index (χ4v) is 3.83. The van der Waals surface area contributed by atoms with Crippen molar-refractivity contribution in [2.45, 2.75) is 64.0 Å². The summed E-state index contributed by atoms with van der Waals surface area (Å²) in [6.45, 7) is 2.60. The van der Waals surface area contributed by atoms with Gasteiger partial charge in [0.2, 0.25) is 11.8 Å². The van der Waals surface area contributed by atoms with Crippen LogP contribution in [0.15, 0.2) is 35.4 Å². The zero-order valence-electron chi connectivity index (χ0n) is 17.4. The number of benzene rings is 1. The van der Waals surface area contributed by atoms with Crippen molar-refractivity contribution in [2.24, 2.45) is 5.10 Å². The number of nitrogens with one attached hydrogen (secondary N) is 2. The van der Waals surface area contributed by atoms with Crippen LogP contribution in [0, 0.1) is 0 Å². The van der Waals surface area contributed by atoms with E-state index >= 15 is 0 Å². The molecule has 1 aromatic carbocycles. The molecule has 164 valence electrons. The Morgan fingerprint density at radius 3 is 2.73 bits per heavy atom. The summed E-state index contributed by atoms with van der Waals surface area (Å²) in [4.78, 5) is 34.1. The van der Waals surface area contributed by atoms with Crippen LogP contribution < -0.4 is 10.7 Å². The Kier molecular flexibility index (Phi) is 10.6. The van der Waals surface area contributed by atoms with Crippen LogP contribution >= 0.6 is 0 Å². The summed E-state index contributed by atoms with van der Waals surface area (Å²) in [5.74, 6) is 0.0239. The average molecular weight is 417 g/mol. The molecule has 1 fully saturated rings. The first-order valence-corrected chi connectivity index (χ1v) is 10.6. The number of carbonyl (C=O) groups excluding carboxylic acids is 2. The average Bonchev–Trinajstić information content (AvgIpc) is 2.76. The third-order valence-electron chi connectivity index (χ3n) is 5.40. The Morgan fingerprint density at radius 1 is 1.27 bits per heavy atom. The van der Waals surface area contributed by atoms with E-state index in [0.29, 0.717) is 31.7 Å². The normalized spacial score (nSPS) is 19.0. The number of hydrogen-bond donors (Lipinski definition) is 3. The van der Waals surface area contributed by atoms with Crippen molar-refractivity contribution in [1.29, 1.82) is 0 Å². The summed E-state index contributed by atoms with van der Waals surface area (Å²) >= 11 is 0. The molecule has 0 bridgehead atoms. The fourth-order valence-electron chi connectivity index (χ4n) is 3.83. The zero-order valence-corrected chi connectivity index (χ0v) is 17.4. The maximum absolute atomic E-state index is 12.1.